The predicted molar refractivity (Wildman–Crippen MR) is 68.8 cm³/mol. The molecular weight excluding hydrogens is 236 g/mol. The fourth-order valence-corrected chi connectivity index (χ4v) is 2.81. The zero-order chi connectivity index (χ0) is 12.3. The monoisotopic (exact) mass is 254 g/mol. The molecule has 1 aromatic rings. The predicted octanol–water partition coefficient (Wildman–Crippen LogP) is 1.63. The second-order valence-corrected chi connectivity index (χ2v) is 5.50. The van der Waals surface area contributed by atoms with Crippen molar-refractivity contribution in [2.75, 3.05) is 20.2 Å². The van der Waals surface area contributed by atoms with E-state index in [0.29, 0.717) is 10.6 Å². The van der Waals surface area contributed by atoms with E-state index in [2.05, 4.69) is 17.6 Å². The highest BCUT2D eigenvalue weighted by Gasteiger charge is 2.29. The van der Waals surface area contributed by atoms with Gasteiger partial charge < -0.3 is 15.4 Å². The van der Waals surface area contributed by atoms with Crippen LogP contribution in [-0.2, 0) is 0 Å². The van der Waals surface area contributed by atoms with Crippen LogP contribution in [0, 0.1) is 0 Å². The third-order valence-electron chi connectivity index (χ3n) is 3.18. The molecule has 1 aliphatic rings. The van der Waals surface area contributed by atoms with Gasteiger partial charge in [0.15, 0.2) is 0 Å². The number of ether oxygens (including phenoxy) is 1. The summed E-state index contributed by atoms with van der Waals surface area (Å²) < 4.78 is 5.17. The summed E-state index contributed by atoms with van der Waals surface area (Å²) in [6, 6.07) is 1.82. The van der Waals surface area contributed by atoms with Gasteiger partial charge in [0, 0.05) is 5.54 Å². The minimum Gasteiger partial charge on any atom is -0.495 e. The maximum Gasteiger partial charge on any atom is 0.265 e. The summed E-state index contributed by atoms with van der Waals surface area (Å²) in [5, 5.41) is 8.29. The van der Waals surface area contributed by atoms with Crippen LogP contribution in [0.15, 0.2) is 11.4 Å². The van der Waals surface area contributed by atoms with Crippen molar-refractivity contribution in [3.05, 3.63) is 16.3 Å². The van der Waals surface area contributed by atoms with Gasteiger partial charge in [-0.3, -0.25) is 4.79 Å². The highest BCUT2D eigenvalue weighted by atomic mass is 32.1. The van der Waals surface area contributed by atoms with Gasteiger partial charge in [-0.25, -0.2) is 0 Å². The fourth-order valence-electron chi connectivity index (χ4n) is 2.06. The molecule has 2 N–H and O–H groups in total. The fraction of sp³-hybridized carbons (Fsp3) is 0.583. The maximum atomic E-state index is 12.2. The van der Waals surface area contributed by atoms with E-state index >= 15 is 0 Å². The van der Waals surface area contributed by atoms with E-state index in [1.807, 2.05) is 11.4 Å². The van der Waals surface area contributed by atoms with Gasteiger partial charge in [-0.1, -0.05) is 0 Å². The minimum atomic E-state index is -0.0999. The first-order valence-corrected chi connectivity index (χ1v) is 6.67. The quantitative estimate of drug-likeness (QED) is 0.862. The molecule has 0 aliphatic carbocycles. The number of piperidine rings is 1. The Labute approximate surface area is 105 Å². The summed E-state index contributed by atoms with van der Waals surface area (Å²) in [6.45, 7) is 4.02. The van der Waals surface area contributed by atoms with Crippen molar-refractivity contribution in [1.29, 1.82) is 0 Å². The Morgan fingerprint density at radius 2 is 2.24 bits per heavy atom. The molecule has 1 amide bonds. The number of rotatable bonds is 3. The first-order valence-electron chi connectivity index (χ1n) is 5.79. The average Bonchev–Trinajstić information content (AvgIpc) is 2.77. The molecule has 17 heavy (non-hydrogen) atoms. The van der Waals surface area contributed by atoms with E-state index in [1.165, 1.54) is 11.3 Å². The van der Waals surface area contributed by atoms with E-state index in [1.54, 1.807) is 7.11 Å². The molecular formula is C12H18N2O2S. The van der Waals surface area contributed by atoms with Gasteiger partial charge in [0.25, 0.3) is 5.91 Å². The molecule has 2 heterocycles. The molecule has 0 bridgehead atoms. The Morgan fingerprint density at radius 1 is 1.53 bits per heavy atom. The molecule has 0 unspecified atom stereocenters. The molecule has 2 rings (SSSR count). The van der Waals surface area contributed by atoms with Gasteiger partial charge in [-0.15, -0.1) is 11.3 Å². The molecule has 1 aliphatic heterocycles. The lowest BCUT2D eigenvalue weighted by Crippen LogP contribution is -2.52. The van der Waals surface area contributed by atoms with Crippen molar-refractivity contribution in [1.82, 2.24) is 10.6 Å². The van der Waals surface area contributed by atoms with Crippen molar-refractivity contribution >= 4 is 17.2 Å². The van der Waals surface area contributed by atoms with Crippen molar-refractivity contribution in [3.63, 3.8) is 0 Å². The molecule has 0 saturated carbocycles. The van der Waals surface area contributed by atoms with Crippen LogP contribution in [0.4, 0.5) is 0 Å². The van der Waals surface area contributed by atoms with Crippen LogP contribution >= 0.6 is 11.3 Å². The first kappa shape index (κ1) is 12.4. The molecule has 5 heteroatoms. The zero-order valence-electron chi connectivity index (χ0n) is 10.2. The Bertz CT molecular complexity index is 397. The van der Waals surface area contributed by atoms with Crippen LogP contribution in [-0.4, -0.2) is 31.6 Å². The van der Waals surface area contributed by atoms with Crippen molar-refractivity contribution < 1.29 is 9.53 Å². The van der Waals surface area contributed by atoms with E-state index in [4.69, 9.17) is 4.74 Å². The Morgan fingerprint density at radius 3 is 2.88 bits per heavy atom. The lowest BCUT2D eigenvalue weighted by atomic mass is 9.90. The number of carbonyl (C=O) groups is 1. The molecule has 0 aromatic carbocycles. The van der Waals surface area contributed by atoms with E-state index < -0.39 is 0 Å². The normalized spacial score (nSPS) is 18.7. The van der Waals surface area contributed by atoms with Crippen molar-refractivity contribution in [2.45, 2.75) is 25.3 Å². The summed E-state index contributed by atoms with van der Waals surface area (Å²) in [5.41, 5.74) is -0.0999. The van der Waals surface area contributed by atoms with E-state index in [0.717, 1.165) is 25.9 Å². The van der Waals surface area contributed by atoms with Gasteiger partial charge in [0.05, 0.1) is 7.11 Å². The summed E-state index contributed by atoms with van der Waals surface area (Å²) in [7, 11) is 1.59. The highest BCUT2D eigenvalue weighted by molar-refractivity contribution is 7.12. The number of carbonyl (C=O) groups excluding carboxylic acids is 1. The smallest absolute Gasteiger partial charge is 0.265 e. The number of methoxy groups -OCH3 is 1. The average molecular weight is 254 g/mol. The summed E-state index contributed by atoms with van der Waals surface area (Å²) >= 11 is 1.42. The molecule has 0 atom stereocenters. The largest absolute Gasteiger partial charge is 0.495 e. The first-order chi connectivity index (χ1) is 8.14. The zero-order valence-corrected chi connectivity index (χ0v) is 11.0. The molecule has 0 radical (unpaired) electrons. The molecule has 1 fully saturated rings. The Hall–Kier alpha value is -1.07. The van der Waals surface area contributed by atoms with Crippen molar-refractivity contribution in [2.24, 2.45) is 0 Å². The summed E-state index contributed by atoms with van der Waals surface area (Å²) in [5.74, 6) is 0.631. The highest BCUT2D eigenvalue weighted by Crippen LogP contribution is 2.26. The van der Waals surface area contributed by atoms with Crippen molar-refractivity contribution in [3.8, 4) is 5.75 Å². The lowest BCUT2D eigenvalue weighted by molar-refractivity contribution is 0.0889. The van der Waals surface area contributed by atoms with Crippen LogP contribution in [0.3, 0.4) is 0 Å². The third-order valence-corrected chi connectivity index (χ3v) is 4.07. The van der Waals surface area contributed by atoms with Crippen LogP contribution in [0.2, 0.25) is 0 Å². The number of hydrogen-bond acceptors (Lipinski definition) is 4. The van der Waals surface area contributed by atoms with Crippen LogP contribution < -0.4 is 15.4 Å². The third kappa shape index (κ3) is 2.79. The lowest BCUT2D eigenvalue weighted by Gasteiger charge is -2.34. The summed E-state index contributed by atoms with van der Waals surface area (Å²) in [4.78, 5) is 12.8. The second-order valence-electron chi connectivity index (χ2n) is 4.58. The molecule has 0 spiro atoms. The van der Waals surface area contributed by atoms with Gasteiger partial charge in [0.2, 0.25) is 0 Å². The maximum absolute atomic E-state index is 12.2. The summed E-state index contributed by atoms with van der Waals surface area (Å²) in [6.07, 6.45) is 1.93. The standard InChI is InChI=1S/C12H18N2O2S/c1-12(4-6-13-7-5-12)14-11(15)10-9(16-2)3-8-17-10/h3,8,13H,4-7H2,1-2H3,(H,14,15). The molecule has 94 valence electrons. The number of amides is 1. The van der Waals surface area contributed by atoms with Gasteiger partial charge in [-0.05, 0) is 44.3 Å². The topological polar surface area (TPSA) is 50.4 Å². The van der Waals surface area contributed by atoms with Gasteiger partial charge in [0.1, 0.15) is 10.6 Å². The minimum absolute atomic E-state index is 0.0266. The molecule has 1 aromatic heterocycles. The number of thiophene rings is 1. The van der Waals surface area contributed by atoms with Gasteiger partial charge in [-0.2, -0.15) is 0 Å². The van der Waals surface area contributed by atoms with Crippen LogP contribution in [0.5, 0.6) is 5.75 Å². The SMILES string of the molecule is COc1ccsc1C(=O)NC1(C)CCNCC1. The van der Waals surface area contributed by atoms with E-state index in [-0.39, 0.29) is 11.4 Å². The Balaban J connectivity index is 2.06. The number of nitrogens with one attached hydrogen (secondary N) is 2. The number of hydrogen-bond donors (Lipinski definition) is 2. The Kier molecular flexibility index (Phi) is 3.69. The van der Waals surface area contributed by atoms with Crippen LogP contribution in [0.25, 0.3) is 0 Å². The van der Waals surface area contributed by atoms with E-state index in [9.17, 15) is 4.79 Å². The van der Waals surface area contributed by atoms with Crippen LogP contribution in [0.1, 0.15) is 29.4 Å². The second kappa shape index (κ2) is 5.06. The molecule has 4 nitrogen and oxygen atoms in total. The molecule has 1 saturated heterocycles. The van der Waals surface area contributed by atoms with Gasteiger partial charge >= 0.3 is 0 Å².